The number of piperidine rings is 1. The van der Waals surface area contributed by atoms with Crippen LogP contribution in [0.15, 0.2) is 53.7 Å². The highest BCUT2D eigenvalue weighted by Gasteiger charge is 2.26. The molecule has 0 aliphatic carbocycles. The Morgan fingerprint density at radius 1 is 1.07 bits per heavy atom. The van der Waals surface area contributed by atoms with Crippen molar-refractivity contribution in [2.75, 3.05) is 18.4 Å². The molecule has 4 heterocycles. The zero-order chi connectivity index (χ0) is 21.1. The topological polar surface area (TPSA) is 93.0 Å². The van der Waals surface area contributed by atoms with Crippen LogP contribution in [0.25, 0.3) is 0 Å². The van der Waals surface area contributed by atoms with E-state index in [0.29, 0.717) is 24.5 Å². The number of pyridine rings is 2. The van der Waals surface area contributed by atoms with Crippen LogP contribution in [-0.4, -0.2) is 43.4 Å². The van der Waals surface area contributed by atoms with E-state index in [1.807, 2.05) is 30.0 Å². The first-order valence-corrected chi connectivity index (χ1v) is 9.98. The molecule has 0 unspecified atom stereocenters. The van der Waals surface area contributed by atoms with Gasteiger partial charge in [0, 0.05) is 50.2 Å². The molecule has 0 radical (unpaired) electrons. The molecule has 1 aliphatic heterocycles. The van der Waals surface area contributed by atoms with E-state index >= 15 is 0 Å². The Kier molecular flexibility index (Phi) is 5.56. The van der Waals surface area contributed by atoms with Gasteiger partial charge in [-0.1, -0.05) is 6.07 Å². The van der Waals surface area contributed by atoms with Gasteiger partial charge >= 0.3 is 0 Å². The van der Waals surface area contributed by atoms with Crippen molar-refractivity contribution in [3.05, 3.63) is 76.2 Å². The molecule has 0 aromatic carbocycles. The van der Waals surface area contributed by atoms with Crippen molar-refractivity contribution in [1.82, 2.24) is 24.4 Å². The predicted octanol–water partition coefficient (Wildman–Crippen LogP) is 2.64. The largest absolute Gasteiger partial charge is 0.339 e. The normalized spacial score (nSPS) is 14.5. The monoisotopic (exact) mass is 404 g/mol. The lowest BCUT2D eigenvalue weighted by Gasteiger charge is -2.31. The Morgan fingerprint density at radius 3 is 2.60 bits per heavy atom. The summed E-state index contributed by atoms with van der Waals surface area (Å²) >= 11 is 0. The third kappa shape index (κ3) is 4.37. The smallest absolute Gasteiger partial charge is 0.255 e. The van der Waals surface area contributed by atoms with Gasteiger partial charge in [0.1, 0.15) is 11.6 Å². The number of aryl methyl sites for hydroxylation is 2. The summed E-state index contributed by atoms with van der Waals surface area (Å²) in [6.45, 7) is 3.23. The van der Waals surface area contributed by atoms with Crippen LogP contribution in [0.5, 0.6) is 0 Å². The molecule has 0 atom stereocenters. The fourth-order valence-electron chi connectivity index (χ4n) is 3.66. The van der Waals surface area contributed by atoms with E-state index in [9.17, 15) is 9.59 Å². The second-order valence-corrected chi connectivity index (χ2v) is 7.55. The van der Waals surface area contributed by atoms with Crippen molar-refractivity contribution in [2.24, 2.45) is 7.05 Å². The third-order valence-electron chi connectivity index (χ3n) is 5.33. The zero-order valence-corrected chi connectivity index (χ0v) is 17.1. The molecule has 1 amide bonds. The first kappa shape index (κ1) is 19.8. The van der Waals surface area contributed by atoms with Crippen molar-refractivity contribution >= 4 is 17.5 Å². The average Bonchev–Trinajstić information content (AvgIpc) is 2.75. The van der Waals surface area contributed by atoms with Crippen LogP contribution in [0.1, 0.15) is 40.5 Å². The van der Waals surface area contributed by atoms with Crippen LogP contribution in [0.4, 0.5) is 11.6 Å². The molecule has 1 saturated heterocycles. The number of anilines is 2. The average molecular weight is 404 g/mol. The molecule has 0 saturated carbocycles. The number of rotatable bonds is 4. The van der Waals surface area contributed by atoms with Gasteiger partial charge in [-0.3, -0.25) is 14.6 Å². The molecule has 3 aromatic heterocycles. The van der Waals surface area contributed by atoms with Crippen molar-refractivity contribution < 1.29 is 4.79 Å². The summed E-state index contributed by atoms with van der Waals surface area (Å²) in [7, 11) is 1.65. The fraction of sp³-hybridized carbons (Fsp3) is 0.318. The summed E-state index contributed by atoms with van der Waals surface area (Å²) in [5, 5.41) is 3.21. The highest BCUT2D eigenvalue weighted by Crippen LogP contribution is 2.28. The Bertz CT molecular complexity index is 1120. The van der Waals surface area contributed by atoms with Gasteiger partial charge in [0.05, 0.1) is 17.5 Å². The Hall–Kier alpha value is -3.55. The second-order valence-electron chi connectivity index (χ2n) is 7.55. The summed E-state index contributed by atoms with van der Waals surface area (Å²) in [6, 6.07) is 8.80. The molecular weight excluding hydrogens is 380 g/mol. The Morgan fingerprint density at radius 2 is 1.87 bits per heavy atom. The van der Waals surface area contributed by atoms with Crippen LogP contribution >= 0.6 is 0 Å². The van der Waals surface area contributed by atoms with Crippen LogP contribution in [0, 0.1) is 6.92 Å². The van der Waals surface area contributed by atoms with Gasteiger partial charge in [-0.05, 0) is 38.0 Å². The van der Waals surface area contributed by atoms with E-state index in [2.05, 4.69) is 15.3 Å². The molecule has 1 N–H and O–H groups in total. The minimum atomic E-state index is -0.127. The van der Waals surface area contributed by atoms with E-state index in [0.717, 1.165) is 30.0 Å². The number of carbonyl (C=O) groups is 1. The van der Waals surface area contributed by atoms with E-state index in [1.54, 1.807) is 31.7 Å². The number of amides is 1. The quantitative estimate of drug-likeness (QED) is 0.719. The molecular formula is C22H24N6O2. The lowest BCUT2D eigenvalue weighted by molar-refractivity contribution is 0.0711. The van der Waals surface area contributed by atoms with Crippen LogP contribution in [0.2, 0.25) is 0 Å². The van der Waals surface area contributed by atoms with Gasteiger partial charge in [0.15, 0.2) is 0 Å². The summed E-state index contributed by atoms with van der Waals surface area (Å²) < 4.78 is 1.43. The zero-order valence-electron chi connectivity index (χ0n) is 17.1. The van der Waals surface area contributed by atoms with Crippen molar-refractivity contribution in [2.45, 2.75) is 25.7 Å². The number of nitrogens with zero attached hydrogens (tertiary/aromatic N) is 5. The maximum atomic E-state index is 12.8. The highest BCUT2D eigenvalue weighted by molar-refractivity contribution is 5.94. The van der Waals surface area contributed by atoms with Crippen LogP contribution in [-0.2, 0) is 7.05 Å². The first-order chi connectivity index (χ1) is 14.5. The van der Waals surface area contributed by atoms with Crippen molar-refractivity contribution in [3.63, 3.8) is 0 Å². The number of carbonyl (C=O) groups excluding carboxylic acids is 1. The van der Waals surface area contributed by atoms with E-state index in [4.69, 9.17) is 4.98 Å². The summed E-state index contributed by atoms with van der Waals surface area (Å²) in [5.41, 5.74) is 2.26. The van der Waals surface area contributed by atoms with Gasteiger partial charge in [-0.15, -0.1) is 0 Å². The minimum absolute atomic E-state index is 0.0453. The molecule has 1 fully saturated rings. The molecule has 0 bridgehead atoms. The summed E-state index contributed by atoms with van der Waals surface area (Å²) in [4.78, 5) is 39.6. The number of likely N-dealkylation sites (tertiary alicyclic amines) is 1. The molecule has 8 heteroatoms. The predicted molar refractivity (Wildman–Crippen MR) is 114 cm³/mol. The highest BCUT2D eigenvalue weighted by atomic mass is 16.2. The fourth-order valence-corrected chi connectivity index (χ4v) is 3.66. The maximum absolute atomic E-state index is 12.8. The standard InChI is InChI=1S/C22H24N6O2/c1-15-4-3-5-19(24-15)26-20-13-23-12-18(25-20)16-8-10-28(11-9-16)22(30)17-6-7-21(29)27(2)14-17/h3-7,12-14,16H,8-11H2,1-2H3,(H,24,25,26). The number of hydrogen-bond donors (Lipinski definition) is 1. The number of hydrogen-bond acceptors (Lipinski definition) is 6. The second kappa shape index (κ2) is 8.44. The van der Waals surface area contributed by atoms with E-state index in [1.165, 1.54) is 10.6 Å². The maximum Gasteiger partial charge on any atom is 0.255 e. The van der Waals surface area contributed by atoms with Gasteiger partial charge in [-0.25, -0.2) is 9.97 Å². The minimum Gasteiger partial charge on any atom is -0.339 e. The van der Waals surface area contributed by atoms with Gasteiger partial charge in [0.2, 0.25) is 5.56 Å². The van der Waals surface area contributed by atoms with Crippen molar-refractivity contribution in [1.29, 1.82) is 0 Å². The van der Waals surface area contributed by atoms with Crippen LogP contribution < -0.4 is 10.9 Å². The summed E-state index contributed by atoms with van der Waals surface area (Å²) in [5.74, 6) is 1.60. The van der Waals surface area contributed by atoms with E-state index < -0.39 is 0 Å². The Labute approximate surface area is 174 Å². The SMILES string of the molecule is Cc1cccc(Nc2cncc(C3CCN(C(=O)c4ccc(=O)n(C)c4)CC3)n2)n1. The number of nitrogens with one attached hydrogen (secondary N) is 1. The first-order valence-electron chi connectivity index (χ1n) is 9.98. The van der Waals surface area contributed by atoms with Gasteiger partial charge in [0.25, 0.3) is 5.91 Å². The molecule has 4 rings (SSSR count). The van der Waals surface area contributed by atoms with E-state index in [-0.39, 0.29) is 17.4 Å². The molecule has 1 aliphatic rings. The van der Waals surface area contributed by atoms with Gasteiger partial charge < -0.3 is 14.8 Å². The molecule has 3 aromatic rings. The molecule has 30 heavy (non-hydrogen) atoms. The Balaban J connectivity index is 1.41. The van der Waals surface area contributed by atoms with Gasteiger partial charge in [-0.2, -0.15) is 0 Å². The summed E-state index contributed by atoms with van der Waals surface area (Å²) in [6.07, 6.45) is 6.71. The van der Waals surface area contributed by atoms with Crippen LogP contribution in [0.3, 0.4) is 0 Å². The number of aromatic nitrogens is 4. The van der Waals surface area contributed by atoms with Crippen molar-refractivity contribution in [3.8, 4) is 0 Å². The third-order valence-corrected chi connectivity index (χ3v) is 5.33. The molecule has 8 nitrogen and oxygen atoms in total. The lowest BCUT2D eigenvalue weighted by Crippen LogP contribution is -2.38. The molecule has 0 spiro atoms. The lowest BCUT2D eigenvalue weighted by atomic mass is 9.93. The molecule has 154 valence electrons.